The van der Waals surface area contributed by atoms with Crippen LogP contribution in [0, 0.1) is 6.92 Å². The highest BCUT2D eigenvalue weighted by molar-refractivity contribution is 5.43. The molecule has 0 unspecified atom stereocenters. The number of nitrogens with two attached hydrogens (primary N) is 1. The minimum absolute atomic E-state index is 0.559. The van der Waals surface area contributed by atoms with Crippen molar-refractivity contribution in [1.29, 1.82) is 0 Å². The number of nitrogens with zero attached hydrogens (tertiary/aromatic N) is 3. The van der Waals surface area contributed by atoms with Gasteiger partial charge in [0.15, 0.2) is 0 Å². The van der Waals surface area contributed by atoms with Crippen LogP contribution in [0.25, 0.3) is 0 Å². The van der Waals surface area contributed by atoms with Gasteiger partial charge in [-0.3, -0.25) is 4.98 Å². The molecule has 0 saturated heterocycles. The van der Waals surface area contributed by atoms with E-state index < -0.39 is 0 Å². The van der Waals surface area contributed by atoms with Crippen LogP contribution in [-0.2, 0) is 13.1 Å². The van der Waals surface area contributed by atoms with Gasteiger partial charge in [-0.25, -0.2) is 4.98 Å². The molecule has 0 spiro atoms. The molecule has 1 aromatic heterocycles. The Hall–Kier alpha value is -1.94. The smallest absolute Gasteiger partial charge is 0.150 e. The molecular weight excluding hydrogens is 224 g/mol. The number of benzene rings is 1. The lowest BCUT2D eigenvalue weighted by molar-refractivity contribution is 0.860. The zero-order valence-electron chi connectivity index (χ0n) is 10.8. The predicted octanol–water partition coefficient (Wildman–Crippen LogP) is 1.88. The maximum atomic E-state index is 5.75. The van der Waals surface area contributed by atoms with Crippen molar-refractivity contribution in [3.63, 3.8) is 0 Å². The number of rotatable bonds is 4. The molecule has 0 aliphatic rings. The third-order valence-corrected chi connectivity index (χ3v) is 2.96. The number of aryl methyl sites for hydroxylation is 1. The van der Waals surface area contributed by atoms with E-state index in [1.807, 2.05) is 26.1 Å². The summed E-state index contributed by atoms with van der Waals surface area (Å²) in [5.74, 6) is 0.907. The molecule has 0 saturated carbocycles. The molecule has 0 atom stereocenters. The Morgan fingerprint density at radius 3 is 2.44 bits per heavy atom. The average molecular weight is 242 g/mol. The molecule has 0 aliphatic carbocycles. The van der Waals surface area contributed by atoms with Crippen LogP contribution < -0.4 is 10.6 Å². The molecule has 0 fully saturated rings. The van der Waals surface area contributed by atoms with Crippen molar-refractivity contribution in [1.82, 2.24) is 9.97 Å². The quantitative estimate of drug-likeness (QED) is 0.889. The first kappa shape index (κ1) is 12.5. The van der Waals surface area contributed by atoms with Crippen molar-refractivity contribution in [2.24, 2.45) is 5.73 Å². The van der Waals surface area contributed by atoms with E-state index in [1.165, 1.54) is 11.1 Å². The molecule has 4 heteroatoms. The Bertz CT molecular complexity index is 525. The molecular formula is C14H18N4. The minimum Gasteiger partial charge on any atom is -0.354 e. The molecule has 94 valence electrons. The van der Waals surface area contributed by atoms with Gasteiger partial charge >= 0.3 is 0 Å². The fraction of sp³-hybridized carbons (Fsp3) is 0.286. The normalized spacial score (nSPS) is 10.4. The van der Waals surface area contributed by atoms with Gasteiger partial charge < -0.3 is 10.6 Å². The van der Waals surface area contributed by atoms with Crippen LogP contribution in [0.2, 0.25) is 0 Å². The van der Waals surface area contributed by atoms with Gasteiger partial charge in [-0.2, -0.15) is 0 Å². The van der Waals surface area contributed by atoms with E-state index in [1.54, 1.807) is 12.4 Å². The second kappa shape index (κ2) is 5.60. The van der Waals surface area contributed by atoms with Crippen LogP contribution in [-0.4, -0.2) is 17.0 Å². The summed E-state index contributed by atoms with van der Waals surface area (Å²) in [4.78, 5) is 10.7. The lowest BCUT2D eigenvalue weighted by Gasteiger charge is -2.20. The van der Waals surface area contributed by atoms with Gasteiger partial charge in [-0.05, 0) is 18.1 Å². The number of hydrogen-bond donors (Lipinski definition) is 1. The maximum Gasteiger partial charge on any atom is 0.150 e. The second-order valence-electron chi connectivity index (χ2n) is 4.29. The molecule has 1 aromatic carbocycles. The first-order valence-electron chi connectivity index (χ1n) is 5.98. The SMILES string of the molecule is Cc1nccnc1N(C)Cc1ccccc1CN. The topological polar surface area (TPSA) is 55.0 Å². The highest BCUT2D eigenvalue weighted by Gasteiger charge is 2.09. The maximum absolute atomic E-state index is 5.75. The third-order valence-electron chi connectivity index (χ3n) is 2.96. The standard InChI is InChI=1S/C14H18N4/c1-11-14(17-8-7-16-11)18(2)10-13-6-4-3-5-12(13)9-15/h3-8H,9-10,15H2,1-2H3. The largest absolute Gasteiger partial charge is 0.354 e. The highest BCUT2D eigenvalue weighted by Crippen LogP contribution is 2.17. The van der Waals surface area contributed by atoms with Gasteiger partial charge in [0.05, 0.1) is 5.69 Å². The number of hydrogen-bond acceptors (Lipinski definition) is 4. The fourth-order valence-corrected chi connectivity index (χ4v) is 2.02. The summed E-state index contributed by atoms with van der Waals surface area (Å²) in [5, 5.41) is 0. The molecule has 4 nitrogen and oxygen atoms in total. The average Bonchev–Trinajstić information content (AvgIpc) is 2.39. The van der Waals surface area contributed by atoms with Crippen LogP contribution in [0.4, 0.5) is 5.82 Å². The summed E-state index contributed by atoms with van der Waals surface area (Å²) in [6.07, 6.45) is 3.42. The Morgan fingerprint density at radius 1 is 1.11 bits per heavy atom. The highest BCUT2D eigenvalue weighted by atomic mass is 15.2. The summed E-state index contributed by atoms with van der Waals surface area (Å²) in [7, 11) is 2.02. The van der Waals surface area contributed by atoms with Crippen molar-refractivity contribution in [2.75, 3.05) is 11.9 Å². The number of aromatic nitrogens is 2. The Balaban J connectivity index is 2.21. The molecule has 0 bridgehead atoms. The Kier molecular flexibility index (Phi) is 3.89. The first-order valence-corrected chi connectivity index (χ1v) is 5.98. The molecule has 18 heavy (non-hydrogen) atoms. The van der Waals surface area contributed by atoms with Gasteiger partial charge in [0.1, 0.15) is 5.82 Å². The van der Waals surface area contributed by atoms with E-state index in [-0.39, 0.29) is 0 Å². The molecule has 0 aliphatic heterocycles. The van der Waals surface area contributed by atoms with Crippen molar-refractivity contribution < 1.29 is 0 Å². The van der Waals surface area contributed by atoms with E-state index in [0.717, 1.165) is 18.1 Å². The van der Waals surface area contributed by atoms with E-state index in [4.69, 9.17) is 5.73 Å². The van der Waals surface area contributed by atoms with E-state index in [2.05, 4.69) is 27.0 Å². The van der Waals surface area contributed by atoms with Crippen LogP contribution in [0.5, 0.6) is 0 Å². The first-order chi connectivity index (χ1) is 8.72. The molecule has 2 N–H and O–H groups in total. The molecule has 1 heterocycles. The second-order valence-corrected chi connectivity index (χ2v) is 4.29. The molecule has 2 rings (SSSR count). The summed E-state index contributed by atoms with van der Waals surface area (Å²) in [5.41, 5.74) is 9.09. The van der Waals surface area contributed by atoms with Crippen molar-refractivity contribution in [2.45, 2.75) is 20.0 Å². The molecule has 0 amide bonds. The van der Waals surface area contributed by atoms with Gasteiger partial charge in [-0.1, -0.05) is 24.3 Å². The molecule has 2 aromatic rings. The van der Waals surface area contributed by atoms with Gasteiger partial charge in [-0.15, -0.1) is 0 Å². The summed E-state index contributed by atoms with van der Waals surface area (Å²) in [6, 6.07) is 8.21. The van der Waals surface area contributed by atoms with Crippen LogP contribution in [0.3, 0.4) is 0 Å². The lowest BCUT2D eigenvalue weighted by atomic mass is 10.1. The summed E-state index contributed by atoms with van der Waals surface area (Å²) < 4.78 is 0. The van der Waals surface area contributed by atoms with Gasteiger partial charge in [0, 0.05) is 32.5 Å². The minimum atomic E-state index is 0.559. The van der Waals surface area contributed by atoms with Crippen molar-refractivity contribution in [3.05, 3.63) is 53.5 Å². The lowest BCUT2D eigenvalue weighted by Crippen LogP contribution is -2.20. The van der Waals surface area contributed by atoms with Crippen molar-refractivity contribution >= 4 is 5.82 Å². The fourth-order valence-electron chi connectivity index (χ4n) is 2.02. The Labute approximate surface area is 107 Å². The van der Waals surface area contributed by atoms with Crippen LogP contribution >= 0.6 is 0 Å². The zero-order chi connectivity index (χ0) is 13.0. The van der Waals surface area contributed by atoms with E-state index in [9.17, 15) is 0 Å². The van der Waals surface area contributed by atoms with Gasteiger partial charge in [0.2, 0.25) is 0 Å². The van der Waals surface area contributed by atoms with Crippen molar-refractivity contribution in [3.8, 4) is 0 Å². The summed E-state index contributed by atoms with van der Waals surface area (Å²) >= 11 is 0. The van der Waals surface area contributed by atoms with E-state index >= 15 is 0 Å². The predicted molar refractivity (Wildman–Crippen MR) is 73.2 cm³/mol. The van der Waals surface area contributed by atoms with E-state index in [0.29, 0.717) is 6.54 Å². The van der Waals surface area contributed by atoms with Crippen LogP contribution in [0.1, 0.15) is 16.8 Å². The van der Waals surface area contributed by atoms with Crippen LogP contribution in [0.15, 0.2) is 36.7 Å². The Morgan fingerprint density at radius 2 is 1.78 bits per heavy atom. The monoisotopic (exact) mass is 242 g/mol. The van der Waals surface area contributed by atoms with Gasteiger partial charge in [0.25, 0.3) is 0 Å². The summed E-state index contributed by atoms with van der Waals surface area (Å²) in [6.45, 7) is 3.31. The zero-order valence-corrected chi connectivity index (χ0v) is 10.8. The molecule has 0 radical (unpaired) electrons. The number of anilines is 1. The third kappa shape index (κ3) is 2.65.